The molecule has 0 saturated carbocycles. The van der Waals surface area contributed by atoms with Crippen LogP contribution in [0, 0.1) is 0 Å². The summed E-state index contributed by atoms with van der Waals surface area (Å²) < 4.78 is 4.89. The molecule has 0 aliphatic carbocycles. The van der Waals surface area contributed by atoms with Gasteiger partial charge >= 0.3 is 0 Å². The average Bonchev–Trinajstić information content (AvgIpc) is 3.90. The van der Waals surface area contributed by atoms with E-state index in [0.29, 0.717) is 17.6 Å². The first kappa shape index (κ1) is 34.8. The number of rotatable bonds is 5. The highest BCUT2D eigenvalue weighted by Crippen LogP contribution is 2.46. The third-order valence-corrected chi connectivity index (χ3v) is 13.6. The molecule has 3 heterocycles. The van der Waals surface area contributed by atoms with Crippen molar-refractivity contribution in [2.24, 2.45) is 0 Å². The largest absolute Gasteiger partial charge is 0.277 e. The minimum absolute atomic E-state index is 0.570. The summed E-state index contributed by atoms with van der Waals surface area (Å²) in [6, 6.07) is 73.9. The first-order valence-electron chi connectivity index (χ1n) is 20.9. The Bertz CT molecular complexity index is 3920. The fraction of sp³-hybridized carbons (Fsp3) is 0. The van der Waals surface area contributed by atoms with Gasteiger partial charge in [-0.25, -0.2) is 4.98 Å². The lowest BCUT2D eigenvalue weighted by Gasteiger charge is -2.14. The summed E-state index contributed by atoms with van der Waals surface area (Å²) in [6.07, 6.45) is 0. The Morgan fingerprint density at radius 2 is 0.903 bits per heavy atom. The predicted octanol–water partition coefficient (Wildman–Crippen LogP) is 15.5. The van der Waals surface area contributed by atoms with Crippen LogP contribution in [-0.4, -0.2) is 19.5 Å². The fourth-order valence-corrected chi connectivity index (χ4v) is 10.7. The van der Waals surface area contributed by atoms with Crippen LogP contribution < -0.4 is 0 Å². The third-order valence-electron chi connectivity index (χ3n) is 12.4. The molecule has 10 aromatic carbocycles. The number of para-hydroxylation sites is 1. The summed E-state index contributed by atoms with van der Waals surface area (Å²) in [4.78, 5) is 16.2. The molecule has 0 fully saturated rings. The van der Waals surface area contributed by atoms with Crippen LogP contribution in [-0.2, 0) is 0 Å². The molecular weight excluding hydrogens is 773 g/mol. The van der Waals surface area contributed by atoms with E-state index in [-0.39, 0.29) is 0 Å². The average molecular weight is 807 g/mol. The third kappa shape index (κ3) is 5.42. The van der Waals surface area contributed by atoms with Crippen molar-refractivity contribution < 1.29 is 0 Å². The minimum Gasteiger partial charge on any atom is -0.277 e. The van der Waals surface area contributed by atoms with Gasteiger partial charge in [-0.05, 0) is 61.8 Å². The second kappa shape index (κ2) is 13.8. The number of benzene rings is 10. The van der Waals surface area contributed by atoms with Crippen molar-refractivity contribution in [3.8, 4) is 51.0 Å². The van der Waals surface area contributed by atoms with Crippen LogP contribution >= 0.6 is 11.3 Å². The molecule has 0 unspecified atom stereocenters. The van der Waals surface area contributed by atoms with Gasteiger partial charge in [0.25, 0.3) is 0 Å². The Balaban J connectivity index is 1.15. The molecular formula is C57H34N4S. The normalized spacial score (nSPS) is 11.9. The lowest BCUT2D eigenvalue weighted by Crippen LogP contribution is -2.07. The summed E-state index contributed by atoms with van der Waals surface area (Å²) in [5, 5.41) is 12.0. The van der Waals surface area contributed by atoms with E-state index in [0.717, 1.165) is 60.6 Å². The second-order valence-corrected chi connectivity index (χ2v) is 17.0. The molecule has 13 rings (SSSR count). The van der Waals surface area contributed by atoms with E-state index in [2.05, 4.69) is 205 Å². The zero-order valence-corrected chi connectivity index (χ0v) is 34.1. The quantitative estimate of drug-likeness (QED) is 0.163. The molecule has 0 N–H and O–H groups in total. The molecule has 62 heavy (non-hydrogen) atoms. The molecule has 288 valence electrons. The molecule has 0 radical (unpaired) electrons. The molecule has 0 aliphatic rings. The number of hydrogen-bond acceptors (Lipinski definition) is 4. The Labute approximate surface area is 360 Å². The van der Waals surface area contributed by atoms with Gasteiger partial charge in [0.2, 0.25) is 5.95 Å². The molecule has 13 aromatic rings. The molecule has 0 atom stereocenters. The number of fused-ring (bicyclic) bond motifs is 12. The van der Waals surface area contributed by atoms with Gasteiger partial charge in [0.15, 0.2) is 11.6 Å². The van der Waals surface area contributed by atoms with Gasteiger partial charge in [-0.1, -0.05) is 188 Å². The van der Waals surface area contributed by atoms with E-state index in [4.69, 9.17) is 15.0 Å². The number of nitrogens with zero attached hydrogens (tertiary/aromatic N) is 4. The van der Waals surface area contributed by atoms with Crippen LogP contribution in [0.1, 0.15) is 0 Å². The summed E-state index contributed by atoms with van der Waals surface area (Å²) >= 11 is 1.84. The second-order valence-electron chi connectivity index (χ2n) is 15.9. The minimum atomic E-state index is 0.570. The van der Waals surface area contributed by atoms with Crippen LogP contribution in [0.2, 0.25) is 0 Å². The van der Waals surface area contributed by atoms with E-state index >= 15 is 0 Å². The Hall–Kier alpha value is -7.99. The summed E-state index contributed by atoms with van der Waals surface area (Å²) in [5.74, 6) is 1.80. The van der Waals surface area contributed by atoms with Crippen LogP contribution in [0.15, 0.2) is 206 Å². The maximum atomic E-state index is 5.49. The summed E-state index contributed by atoms with van der Waals surface area (Å²) in [7, 11) is 0. The van der Waals surface area contributed by atoms with E-state index in [9.17, 15) is 0 Å². The molecule has 0 spiro atoms. The van der Waals surface area contributed by atoms with Crippen molar-refractivity contribution in [1.82, 2.24) is 19.5 Å². The van der Waals surface area contributed by atoms with E-state index in [1.165, 1.54) is 47.1 Å². The Kier molecular flexibility index (Phi) is 7.74. The van der Waals surface area contributed by atoms with Gasteiger partial charge in [0.05, 0.1) is 11.0 Å². The van der Waals surface area contributed by atoms with Crippen molar-refractivity contribution in [3.63, 3.8) is 0 Å². The van der Waals surface area contributed by atoms with Crippen LogP contribution in [0.4, 0.5) is 0 Å². The number of thiophene rings is 1. The van der Waals surface area contributed by atoms with Crippen LogP contribution in [0.25, 0.3) is 125 Å². The van der Waals surface area contributed by atoms with Crippen molar-refractivity contribution in [2.45, 2.75) is 0 Å². The van der Waals surface area contributed by atoms with E-state index in [1.807, 2.05) is 17.4 Å². The number of aromatic nitrogens is 4. The topological polar surface area (TPSA) is 43.6 Å². The molecule has 0 saturated heterocycles. The van der Waals surface area contributed by atoms with Crippen LogP contribution in [0.3, 0.4) is 0 Å². The summed E-state index contributed by atoms with van der Waals surface area (Å²) in [6.45, 7) is 0. The zero-order chi connectivity index (χ0) is 40.7. The van der Waals surface area contributed by atoms with Gasteiger partial charge < -0.3 is 0 Å². The lowest BCUT2D eigenvalue weighted by atomic mass is 9.96. The first-order valence-corrected chi connectivity index (χ1v) is 21.7. The summed E-state index contributed by atoms with van der Waals surface area (Å²) in [5.41, 5.74) is 8.55. The molecule has 3 aromatic heterocycles. The van der Waals surface area contributed by atoms with Gasteiger partial charge in [0.1, 0.15) is 0 Å². The van der Waals surface area contributed by atoms with Crippen molar-refractivity contribution in [1.29, 1.82) is 0 Å². The zero-order valence-electron chi connectivity index (χ0n) is 33.3. The van der Waals surface area contributed by atoms with Gasteiger partial charge in [-0.2, -0.15) is 9.97 Å². The van der Waals surface area contributed by atoms with Crippen molar-refractivity contribution in [2.75, 3.05) is 0 Å². The smallest absolute Gasteiger partial charge is 0.238 e. The molecule has 0 bridgehead atoms. The monoisotopic (exact) mass is 806 g/mol. The maximum absolute atomic E-state index is 5.49. The maximum Gasteiger partial charge on any atom is 0.238 e. The standard InChI is InChI=1S/C57H34N4S/c1-2-13-35(14-3-1)37-25-28-38(29-26-37)55-58-56(41-30-27-36-15-4-5-16-39(36)33-41)60-57(59-55)61-53-42(40-31-32-46-45-19-10-11-24-50(45)62-51(46)34-40)22-12-23-49(53)52-47-20-8-6-17-43(47)44-18-7-9-21-48(44)54(52)61/h1-34H. The van der Waals surface area contributed by atoms with Crippen LogP contribution in [0.5, 0.6) is 0 Å². The SMILES string of the molecule is c1ccc(-c2ccc(-c3nc(-c4ccc5ccccc5c4)nc(-n4c5c(-c6ccc7c(c6)sc6ccccc67)cccc5c5c6ccccc6c6ccccc6c54)n3)cc2)cc1. The van der Waals surface area contributed by atoms with Gasteiger partial charge in [0, 0.05) is 53.0 Å². The highest BCUT2D eigenvalue weighted by Gasteiger charge is 2.24. The molecule has 5 heteroatoms. The van der Waals surface area contributed by atoms with Crippen molar-refractivity contribution in [3.05, 3.63) is 206 Å². The lowest BCUT2D eigenvalue weighted by molar-refractivity contribution is 0.956. The Morgan fingerprint density at radius 3 is 1.73 bits per heavy atom. The van der Waals surface area contributed by atoms with Gasteiger partial charge in [-0.15, -0.1) is 11.3 Å². The number of hydrogen-bond donors (Lipinski definition) is 0. The molecule has 4 nitrogen and oxygen atoms in total. The molecule has 0 amide bonds. The van der Waals surface area contributed by atoms with Crippen molar-refractivity contribution >= 4 is 85.6 Å². The van der Waals surface area contributed by atoms with E-state index in [1.54, 1.807) is 0 Å². The highest BCUT2D eigenvalue weighted by atomic mass is 32.1. The highest BCUT2D eigenvalue weighted by molar-refractivity contribution is 7.25. The Morgan fingerprint density at radius 1 is 0.323 bits per heavy atom. The molecule has 0 aliphatic heterocycles. The van der Waals surface area contributed by atoms with Gasteiger partial charge in [-0.3, -0.25) is 4.57 Å². The predicted molar refractivity (Wildman–Crippen MR) is 261 cm³/mol. The fourth-order valence-electron chi connectivity index (χ4n) is 9.55. The van der Waals surface area contributed by atoms with E-state index < -0.39 is 0 Å². The first-order chi connectivity index (χ1) is 30.7.